The molecular weight excluding hydrogens is 234 g/mol. The van der Waals surface area contributed by atoms with Gasteiger partial charge in [0.15, 0.2) is 5.69 Å². The van der Waals surface area contributed by atoms with E-state index in [4.69, 9.17) is 9.84 Å². The number of aromatic carboxylic acids is 1. The fourth-order valence-electron chi connectivity index (χ4n) is 2.05. The third kappa shape index (κ3) is 1.76. The standard InChI is InChI=1S/C12H11N3O3/c16-12(17)11-9-7-18-10(6-15(9)14-13-11)8-4-2-1-3-5-8/h1-5,10H,6-7H2,(H,16,17)/t10-/m1/s1. The molecule has 6 nitrogen and oxygen atoms in total. The number of carbonyl (C=O) groups is 1. The summed E-state index contributed by atoms with van der Waals surface area (Å²) in [6.07, 6.45) is -0.109. The van der Waals surface area contributed by atoms with Crippen LogP contribution in [-0.4, -0.2) is 26.1 Å². The number of carboxylic acids is 1. The summed E-state index contributed by atoms with van der Waals surface area (Å²) in [5, 5.41) is 16.5. The van der Waals surface area contributed by atoms with Gasteiger partial charge in [0.25, 0.3) is 0 Å². The maximum absolute atomic E-state index is 10.9. The Hall–Kier alpha value is -2.21. The molecule has 0 spiro atoms. The van der Waals surface area contributed by atoms with Crippen LogP contribution in [0.25, 0.3) is 0 Å². The van der Waals surface area contributed by atoms with Crippen LogP contribution in [0.2, 0.25) is 0 Å². The highest BCUT2D eigenvalue weighted by Gasteiger charge is 2.27. The fourth-order valence-corrected chi connectivity index (χ4v) is 2.05. The van der Waals surface area contributed by atoms with Gasteiger partial charge < -0.3 is 9.84 Å². The third-order valence-electron chi connectivity index (χ3n) is 2.97. The average molecular weight is 245 g/mol. The summed E-state index contributed by atoms with van der Waals surface area (Å²) in [6.45, 7) is 0.702. The van der Waals surface area contributed by atoms with E-state index < -0.39 is 5.97 Å². The van der Waals surface area contributed by atoms with Crippen molar-refractivity contribution in [3.05, 3.63) is 47.3 Å². The van der Waals surface area contributed by atoms with Gasteiger partial charge in [-0.3, -0.25) is 0 Å². The molecule has 1 atom stereocenters. The van der Waals surface area contributed by atoms with Crippen LogP contribution in [0.15, 0.2) is 30.3 Å². The Morgan fingerprint density at radius 3 is 2.89 bits per heavy atom. The van der Waals surface area contributed by atoms with Crippen LogP contribution in [-0.2, 0) is 17.9 Å². The minimum Gasteiger partial charge on any atom is -0.476 e. The number of aromatic nitrogens is 3. The zero-order valence-corrected chi connectivity index (χ0v) is 9.48. The van der Waals surface area contributed by atoms with Gasteiger partial charge >= 0.3 is 5.97 Å². The van der Waals surface area contributed by atoms with Gasteiger partial charge in [0, 0.05) is 0 Å². The van der Waals surface area contributed by atoms with E-state index in [9.17, 15) is 4.79 Å². The van der Waals surface area contributed by atoms with Crippen molar-refractivity contribution in [3.63, 3.8) is 0 Å². The van der Waals surface area contributed by atoms with E-state index in [0.717, 1.165) is 5.56 Å². The van der Waals surface area contributed by atoms with E-state index in [1.165, 1.54) is 0 Å². The van der Waals surface area contributed by atoms with Gasteiger partial charge in [-0.25, -0.2) is 9.48 Å². The molecule has 1 aliphatic rings. The highest BCUT2D eigenvalue weighted by atomic mass is 16.5. The molecule has 0 saturated carbocycles. The quantitative estimate of drug-likeness (QED) is 0.861. The summed E-state index contributed by atoms with van der Waals surface area (Å²) >= 11 is 0. The first-order valence-electron chi connectivity index (χ1n) is 5.58. The predicted molar refractivity (Wildman–Crippen MR) is 61.0 cm³/mol. The van der Waals surface area contributed by atoms with Gasteiger partial charge in [0.1, 0.15) is 6.10 Å². The number of nitrogens with zero attached hydrogens (tertiary/aromatic N) is 3. The predicted octanol–water partition coefficient (Wildman–Crippen LogP) is 1.25. The minimum absolute atomic E-state index is 0.0264. The molecule has 1 aromatic carbocycles. The minimum atomic E-state index is -1.07. The van der Waals surface area contributed by atoms with Crippen LogP contribution < -0.4 is 0 Å². The molecule has 92 valence electrons. The van der Waals surface area contributed by atoms with E-state index >= 15 is 0 Å². The van der Waals surface area contributed by atoms with Crippen LogP contribution in [0.3, 0.4) is 0 Å². The normalized spacial score (nSPS) is 18.3. The van der Waals surface area contributed by atoms with Crippen LogP contribution in [0.1, 0.15) is 27.8 Å². The first-order chi connectivity index (χ1) is 8.75. The molecule has 0 unspecified atom stereocenters. The Kier molecular flexibility index (Phi) is 2.56. The molecule has 0 amide bonds. The number of hydrogen-bond acceptors (Lipinski definition) is 4. The largest absolute Gasteiger partial charge is 0.476 e. The van der Waals surface area contributed by atoms with Crippen LogP contribution in [0.4, 0.5) is 0 Å². The number of ether oxygens (including phenoxy) is 1. The van der Waals surface area contributed by atoms with Crippen molar-refractivity contribution in [2.24, 2.45) is 0 Å². The first kappa shape index (κ1) is 10.9. The van der Waals surface area contributed by atoms with Crippen molar-refractivity contribution < 1.29 is 14.6 Å². The van der Waals surface area contributed by atoms with Crippen LogP contribution in [0.5, 0.6) is 0 Å². The van der Waals surface area contributed by atoms with E-state index in [1.807, 2.05) is 30.3 Å². The lowest BCUT2D eigenvalue weighted by atomic mass is 10.1. The monoisotopic (exact) mass is 245 g/mol. The molecule has 2 heterocycles. The lowest BCUT2D eigenvalue weighted by Crippen LogP contribution is -2.22. The first-order valence-corrected chi connectivity index (χ1v) is 5.58. The molecule has 18 heavy (non-hydrogen) atoms. The summed E-state index contributed by atoms with van der Waals surface area (Å²) in [6, 6.07) is 9.78. The Morgan fingerprint density at radius 2 is 2.17 bits per heavy atom. The number of carboxylic acid groups (broad SMARTS) is 1. The summed E-state index contributed by atoms with van der Waals surface area (Å²) < 4.78 is 7.28. The smallest absolute Gasteiger partial charge is 0.358 e. The van der Waals surface area contributed by atoms with E-state index in [1.54, 1.807) is 4.68 Å². The summed E-state index contributed by atoms with van der Waals surface area (Å²) in [4.78, 5) is 10.9. The number of rotatable bonds is 2. The lowest BCUT2D eigenvalue weighted by molar-refractivity contribution is -0.00206. The number of hydrogen-bond donors (Lipinski definition) is 1. The Bertz CT molecular complexity index is 580. The molecule has 6 heteroatoms. The number of fused-ring (bicyclic) bond motifs is 1. The molecule has 0 aliphatic carbocycles. The zero-order chi connectivity index (χ0) is 12.5. The maximum Gasteiger partial charge on any atom is 0.358 e. The van der Waals surface area contributed by atoms with Crippen LogP contribution in [0, 0.1) is 0 Å². The highest BCUT2D eigenvalue weighted by molar-refractivity contribution is 5.86. The molecular formula is C12H11N3O3. The van der Waals surface area contributed by atoms with Gasteiger partial charge in [0.2, 0.25) is 0 Å². The van der Waals surface area contributed by atoms with E-state index in [0.29, 0.717) is 12.2 Å². The second kappa shape index (κ2) is 4.23. The molecule has 3 rings (SSSR count). The van der Waals surface area contributed by atoms with Gasteiger partial charge in [-0.05, 0) is 5.56 Å². The van der Waals surface area contributed by atoms with Gasteiger partial charge in [-0.2, -0.15) is 0 Å². The lowest BCUT2D eigenvalue weighted by Gasteiger charge is -2.24. The topological polar surface area (TPSA) is 77.2 Å². The van der Waals surface area contributed by atoms with Crippen molar-refractivity contribution in [2.45, 2.75) is 19.3 Å². The Morgan fingerprint density at radius 1 is 1.39 bits per heavy atom. The second-order valence-corrected chi connectivity index (χ2v) is 4.08. The average Bonchev–Trinajstić information content (AvgIpc) is 2.82. The SMILES string of the molecule is O=C(O)c1nnn2c1CO[C@@H](c1ccccc1)C2. The molecule has 0 bridgehead atoms. The fraction of sp³-hybridized carbons (Fsp3) is 0.250. The van der Waals surface area contributed by atoms with Crippen molar-refractivity contribution in [1.82, 2.24) is 15.0 Å². The summed E-state index contributed by atoms with van der Waals surface area (Å²) in [5.41, 5.74) is 1.55. The summed E-state index contributed by atoms with van der Waals surface area (Å²) in [7, 11) is 0. The van der Waals surface area contributed by atoms with Gasteiger partial charge in [-0.1, -0.05) is 35.5 Å². The maximum atomic E-state index is 10.9. The van der Waals surface area contributed by atoms with Gasteiger partial charge in [0.05, 0.1) is 18.8 Å². The number of benzene rings is 1. The Balaban J connectivity index is 1.89. The van der Waals surface area contributed by atoms with Gasteiger partial charge in [-0.15, -0.1) is 5.10 Å². The van der Waals surface area contributed by atoms with E-state index in [2.05, 4.69) is 10.3 Å². The van der Waals surface area contributed by atoms with Crippen LogP contribution >= 0.6 is 0 Å². The highest BCUT2D eigenvalue weighted by Crippen LogP contribution is 2.26. The van der Waals surface area contributed by atoms with Crippen molar-refractivity contribution in [1.29, 1.82) is 0 Å². The van der Waals surface area contributed by atoms with Crippen molar-refractivity contribution in [2.75, 3.05) is 0 Å². The second-order valence-electron chi connectivity index (χ2n) is 4.08. The van der Waals surface area contributed by atoms with Crippen molar-refractivity contribution >= 4 is 5.97 Å². The molecule has 1 aromatic heterocycles. The third-order valence-corrected chi connectivity index (χ3v) is 2.97. The molecule has 0 saturated heterocycles. The summed E-state index contributed by atoms with van der Waals surface area (Å²) in [5.74, 6) is -1.07. The molecule has 1 aliphatic heterocycles. The molecule has 2 aromatic rings. The van der Waals surface area contributed by atoms with Crippen molar-refractivity contribution in [3.8, 4) is 0 Å². The zero-order valence-electron chi connectivity index (χ0n) is 9.48. The molecule has 0 fully saturated rings. The van der Waals surface area contributed by atoms with E-state index in [-0.39, 0.29) is 18.4 Å². The molecule has 0 radical (unpaired) electrons. The Labute approximate surface area is 103 Å². The molecule has 1 N–H and O–H groups in total.